The maximum absolute atomic E-state index is 14.2. The number of nitrogens with one attached hydrogen (secondary N) is 1. The summed E-state index contributed by atoms with van der Waals surface area (Å²) in [6, 6.07) is 5.52. The summed E-state index contributed by atoms with van der Waals surface area (Å²) >= 11 is 6.11. The number of anilines is 1. The Bertz CT molecular complexity index is 1120. The summed E-state index contributed by atoms with van der Waals surface area (Å²) < 4.78 is 56.2. The molecule has 1 N–H and O–H groups in total. The fraction of sp³-hybridized carbons (Fsp3) is 0.200. The monoisotopic (exact) mass is 440 g/mol. The van der Waals surface area contributed by atoms with E-state index in [9.17, 15) is 22.4 Å². The molecule has 5 nitrogen and oxygen atoms in total. The van der Waals surface area contributed by atoms with Gasteiger partial charge in [0.25, 0.3) is 5.56 Å². The Morgan fingerprint density at radius 2 is 1.77 bits per heavy atom. The van der Waals surface area contributed by atoms with E-state index in [0.717, 1.165) is 24.3 Å². The Hall–Kier alpha value is -2.91. The second-order valence-electron chi connectivity index (χ2n) is 6.68. The number of halogens is 5. The van der Waals surface area contributed by atoms with Crippen molar-refractivity contribution in [1.29, 1.82) is 0 Å². The minimum atomic E-state index is -0.982. The molecule has 1 atom stereocenters. The highest BCUT2D eigenvalue weighted by Crippen LogP contribution is 2.26. The van der Waals surface area contributed by atoms with Crippen molar-refractivity contribution in [2.75, 3.05) is 26.0 Å². The van der Waals surface area contributed by atoms with E-state index >= 15 is 0 Å². The fourth-order valence-electron chi connectivity index (χ4n) is 2.96. The predicted octanol–water partition coefficient (Wildman–Crippen LogP) is 4.16. The molecule has 3 aromatic rings. The van der Waals surface area contributed by atoms with E-state index in [0.29, 0.717) is 10.7 Å². The smallest absolute Gasteiger partial charge is 0.292 e. The van der Waals surface area contributed by atoms with Gasteiger partial charge in [-0.15, -0.1) is 0 Å². The number of benzene rings is 2. The number of hydrogen-bond acceptors (Lipinski definition) is 4. The first kappa shape index (κ1) is 21.8. The van der Waals surface area contributed by atoms with Crippen molar-refractivity contribution >= 4 is 17.3 Å². The molecule has 0 amide bonds. The van der Waals surface area contributed by atoms with Crippen molar-refractivity contribution in [3.05, 3.63) is 86.8 Å². The van der Waals surface area contributed by atoms with Crippen LogP contribution in [-0.4, -0.2) is 35.3 Å². The van der Waals surface area contributed by atoms with Crippen molar-refractivity contribution in [1.82, 2.24) is 14.7 Å². The molecule has 1 unspecified atom stereocenters. The molecular formula is C20H17ClF4N4O. The molecule has 1 heterocycles. The first-order valence-corrected chi connectivity index (χ1v) is 9.16. The second kappa shape index (κ2) is 8.85. The van der Waals surface area contributed by atoms with Gasteiger partial charge in [0.2, 0.25) is 0 Å². The van der Waals surface area contributed by atoms with Crippen LogP contribution < -0.4 is 10.9 Å². The van der Waals surface area contributed by atoms with Gasteiger partial charge in [0, 0.05) is 18.2 Å². The molecule has 0 saturated heterocycles. The van der Waals surface area contributed by atoms with Crippen LogP contribution in [0.15, 0.2) is 47.4 Å². The zero-order valence-electron chi connectivity index (χ0n) is 16.0. The van der Waals surface area contributed by atoms with Crippen LogP contribution in [0.4, 0.5) is 23.2 Å². The summed E-state index contributed by atoms with van der Waals surface area (Å²) in [7, 11) is 3.29. The minimum absolute atomic E-state index is 0.000611. The van der Waals surface area contributed by atoms with Crippen molar-refractivity contribution < 1.29 is 17.6 Å². The number of hydrogen-bond donors (Lipinski definition) is 1. The van der Waals surface area contributed by atoms with Crippen LogP contribution >= 0.6 is 11.6 Å². The third-order valence-electron chi connectivity index (χ3n) is 4.50. The number of aromatic nitrogens is 2. The second-order valence-corrected chi connectivity index (χ2v) is 7.06. The highest BCUT2D eigenvalue weighted by Gasteiger charge is 2.23. The Morgan fingerprint density at radius 1 is 1.10 bits per heavy atom. The summed E-state index contributed by atoms with van der Waals surface area (Å²) in [6.45, 7) is 0.000611. The molecule has 3 rings (SSSR count). The highest BCUT2D eigenvalue weighted by molar-refractivity contribution is 6.32. The van der Waals surface area contributed by atoms with Crippen LogP contribution in [0.5, 0.6) is 0 Å². The Labute approximate surface area is 174 Å². The molecule has 158 valence electrons. The van der Waals surface area contributed by atoms with Gasteiger partial charge in [0.1, 0.15) is 28.2 Å². The van der Waals surface area contributed by atoms with Gasteiger partial charge in [0.15, 0.2) is 5.82 Å². The van der Waals surface area contributed by atoms with Crippen LogP contribution in [-0.2, 0) is 0 Å². The van der Waals surface area contributed by atoms with Gasteiger partial charge in [-0.05, 0) is 38.4 Å². The van der Waals surface area contributed by atoms with Crippen molar-refractivity contribution in [3.63, 3.8) is 0 Å². The standard InChI is InChI=1S/C20H17ClF4N4O/c1-28(2)17(18-12(23)4-3-5-13(18)24)10-26-15-9-27-29(20(30)19(15)21)16-7-6-11(22)8-14(16)25/h3-9,17,26H,10H2,1-2H3. The van der Waals surface area contributed by atoms with E-state index in [1.54, 1.807) is 19.0 Å². The molecule has 0 spiro atoms. The zero-order chi connectivity index (χ0) is 22.0. The van der Waals surface area contributed by atoms with Crippen molar-refractivity contribution in [2.24, 2.45) is 0 Å². The number of rotatable bonds is 6. The first-order chi connectivity index (χ1) is 14.2. The maximum Gasteiger partial charge on any atom is 0.292 e. The highest BCUT2D eigenvalue weighted by atomic mass is 35.5. The van der Waals surface area contributed by atoms with E-state index in [1.165, 1.54) is 12.3 Å². The Morgan fingerprint density at radius 3 is 2.37 bits per heavy atom. The number of likely N-dealkylation sites (N-methyl/N-ethyl adjacent to an activating group) is 1. The lowest BCUT2D eigenvalue weighted by Gasteiger charge is -2.26. The first-order valence-electron chi connectivity index (χ1n) is 8.78. The summed E-state index contributed by atoms with van der Waals surface area (Å²) in [5.74, 6) is -3.20. The summed E-state index contributed by atoms with van der Waals surface area (Å²) in [4.78, 5) is 14.1. The largest absolute Gasteiger partial charge is 0.380 e. The van der Waals surface area contributed by atoms with E-state index in [4.69, 9.17) is 11.6 Å². The van der Waals surface area contributed by atoms with E-state index in [2.05, 4.69) is 10.4 Å². The van der Waals surface area contributed by atoms with Crippen LogP contribution in [0.2, 0.25) is 5.02 Å². The maximum atomic E-state index is 14.2. The average Bonchev–Trinajstić information content (AvgIpc) is 2.67. The van der Waals surface area contributed by atoms with Gasteiger partial charge in [0.05, 0.1) is 17.9 Å². The lowest BCUT2D eigenvalue weighted by molar-refractivity contribution is 0.295. The number of nitrogens with zero attached hydrogens (tertiary/aromatic N) is 3. The molecular weight excluding hydrogens is 424 g/mol. The zero-order valence-corrected chi connectivity index (χ0v) is 16.7. The quantitative estimate of drug-likeness (QED) is 0.585. The summed E-state index contributed by atoms with van der Waals surface area (Å²) in [5, 5.41) is 6.41. The van der Waals surface area contributed by atoms with Crippen molar-refractivity contribution in [3.8, 4) is 5.69 Å². The van der Waals surface area contributed by atoms with Crippen LogP contribution in [0.3, 0.4) is 0 Å². The molecule has 0 aliphatic carbocycles. The fourth-order valence-corrected chi connectivity index (χ4v) is 3.15. The van der Waals surface area contributed by atoms with Crippen LogP contribution in [0.1, 0.15) is 11.6 Å². The van der Waals surface area contributed by atoms with E-state index < -0.39 is 34.9 Å². The van der Waals surface area contributed by atoms with E-state index in [-0.39, 0.29) is 28.5 Å². The average molecular weight is 441 g/mol. The molecule has 2 aromatic carbocycles. The third kappa shape index (κ3) is 4.31. The van der Waals surface area contributed by atoms with Crippen LogP contribution in [0, 0.1) is 23.3 Å². The minimum Gasteiger partial charge on any atom is -0.380 e. The SMILES string of the molecule is CN(C)C(CNc1cnn(-c2ccc(F)cc2F)c(=O)c1Cl)c1c(F)cccc1F. The third-order valence-corrected chi connectivity index (χ3v) is 4.86. The van der Waals surface area contributed by atoms with Gasteiger partial charge in [-0.1, -0.05) is 17.7 Å². The topological polar surface area (TPSA) is 50.2 Å². The molecule has 1 aromatic heterocycles. The molecule has 10 heteroatoms. The lowest BCUT2D eigenvalue weighted by Crippen LogP contribution is -2.30. The predicted molar refractivity (Wildman–Crippen MR) is 106 cm³/mol. The molecule has 0 aliphatic heterocycles. The Kier molecular flexibility index (Phi) is 6.42. The summed E-state index contributed by atoms with van der Waals surface area (Å²) in [6.07, 6.45) is 1.18. The molecule has 0 radical (unpaired) electrons. The molecule has 0 saturated carbocycles. The van der Waals surface area contributed by atoms with Gasteiger partial charge in [-0.2, -0.15) is 9.78 Å². The Balaban J connectivity index is 1.90. The molecule has 0 fully saturated rings. The van der Waals surface area contributed by atoms with Gasteiger partial charge in [-0.25, -0.2) is 17.6 Å². The van der Waals surface area contributed by atoms with Crippen LogP contribution in [0.25, 0.3) is 5.69 Å². The normalized spacial score (nSPS) is 12.3. The molecule has 0 aliphatic rings. The van der Waals surface area contributed by atoms with Gasteiger partial charge in [-0.3, -0.25) is 4.79 Å². The van der Waals surface area contributed by atoms with Gasteiger partial charge < -0.3 is 10.2 Å². The van der Waals surface area contributed by atoms with Gasteiger partial charge >= 0.3 is 0 Å². The van der Waals surface area contributed by atoms with E-state index in [1.807, 2.05) is 0 Å². The van der Waals surface area contributed by atoms with Crippen molar-refractivity contribution in [2.45, 2.75) is 6.04 Å². The molecule has 0 bridgehead atoms. The summed E-state index contributed by atoms with van der Waals surface area (Å²) in [5.41, 5.74) is -1.15. The molecule has 30 heavy (non-hydrogen) atoms. The lowest BCUT2D eigenvalue weighted by atomic mass is 10.0.